The fourth-order valence-electron chi connectivity index (χ4n) is 1.86. The van der Waals surface area contributed by atoms with Crippen LogP contribution in [0, 0.1) is 24.1 Å². The van der Waals surface area contributed by atoms with Gasteiger partial charge < -0.3 is 5.11 Å². The summed E-state index contributed by atoms with van der Waals surface area (Å²) < 4.78 is 39.6. The molecule has 1 heterocycles. The molecule has 2 rings (SSSR count). The smallest absolute Gasteiger partial charge is 0.322 e. The third-order valence-corrected chi connectivity index (χ3v) is 3.23. The van der Waals surface area contributed by atoms with E-state index in [4.69, 9.17) is 16.9 Å². The number of aromatic hydroxyl groups is 1. The zero-order valence-electron chi connectivity index (χ0n) is 10.9. The van der Waals surface area contributed by atoms with Crippen LogP contribution in [0.1, 0.15) is 17.9 Å². The van der Waals surface area contributed by atoms with Crippen molar-refractivity contribution in [1.29, 1.82) is 5.26 Å². The SMILES string of the molecule is Cc1nc(-c2cc(O)c(C#N)cc2F)c(Cl)c(=O)n1C(F)F. The molecule has 22 heavy (non-hydrogen) atoms. The maximum absolute atomic E-state index is 14.0. The van der Waals surface area contributed by atoms with E-state index in [1.165, 1.54) is 0 Å². The Bertz CT molecular complexity index is 859. The molecule has 114 valence electrons. The van der Waals surface area contributed by atoms with E-state index < -0.39 is 34.4 Å². The third kappa shape index (κ3) is 2.51. The van der Waals surface area contributed by atoms with E-state index in [-0.39, 0.29) is 21.5 Å². The minimum absolute atomic E-state index is 0.0627. The number of hydrogen-bond donors (Lipinski definition) is 1. The van der Waals surface area contributed by atoms with Crippen LogP contribution in [0.5, 0.6) is 5.75 Å². The molecule has 9 heteroatoms. The number of rotatable bonds is 2. The number of nitriles is 1. The lowest BCUT2D eigenvalue weighted by Crippen LogP contribution is -2.25. The lowest BCUT2D eigenvalue weighted by molar-refractivity contribution is 0.0628. The van der Waals surface area contributed by atoms with Crippen molar-refractivity contribution in [3.05, 3.63) is 44.7 Å². The summed E-state index contributed by atoms with van der Waals surface area (Å²) in [6, 6.07) is 3.16. The van der Waals surface area contributed by atoms with Gasteiger partial charge in [0.05, 0.1) is 11.3 Å². The molecule has 2 aromatic rings. The van der Waals surface area contributed by atoms with Crippen LogP contribution in [0.15, 0.2) is 16.9 Å². The maximum Gasteiger partial charge on any atom is 0.322 e. The van der Waals surface area contributed by atoms with E-state index in [9.17, 15) is 23.1 Å². The number of halogens is 4. The molecule has 1 aromatic carbocycles. The molecular formula is C13H7ClF3N3O2. The molecule has 0 fully saturated rings. The highest BCUT2D eigenvalue weighted by Crippen LogP contribution is 2.31. The van der Waals surface area contributed by atoms with Crippen LogP contribution in [-0.4, -0.2) is 14.7 Å². The molecule has 0 aliphatic rings. The van der Waals surface area contributed by atoms with E-state index in [0.717, 1.165) is 19.1 Å². The van der Waals surface area contributed by atoms with Gasteiger partial charge in [0.25, 0.3) is 5.56 Å². The second-order valence-electron chi connectivity index (χ2n) is 4.24. The van der Waals surface area contributed by atoms with Crippen molar-refractivity contribution in [3.8, 4) is 23.1 Å². The first-order chi connectivity index (χ1) is 10.3. The Labute approximate surface area is 126 Å². The number of phenolic OH excluding ortho intramolecular Hbond substituents is 1. The second kappa shape index (κ2) is 5.69. The van der Waals surface area contributed by atoms with Gasteiger partial charge >= 0.3 is 6.55 Å². The van der Waals surface area contributed by atoms with Gasteiger partial charge in [-0.25, -0.2) is 13.9 Å². The topological polar surface area (TPSA) is 78.9 Å². The van der Waals surface area contributed by atoms with Crippen molar-refractivity contribution < 1.29 is 18.3 Å². The van der Waals surface area contributed by atoms with Gasteiger partial charge in [0, 0.05) is 5.56 Å². The Hall–Kier alpha value is -2.53. The summed E-state index contributed by atoms with van der Waals surface area (Å²) in [7, 11) is 0. The average Bonchev–Trinajstić information content (AvgIpc) is 2.44. The molecule has 1 N–H and O–H groups in total. The highest BCUT2D eigenvalue weighted by atomic mass is 35.5. The fraction of sp³-hybridized carbons (Fsp3) is 0.154. The molecule has 0 radical (unpaired) electrons. The second-order valence-corrected chi connectivity index (χ2v) is 4.61. The summed E-state index contributed by atoms with van der Waals surface area (Å²) in [6.45, 7) is -2.01. The van der Waals surface area contributed by atoms with Crippen molar-refractivity contribution in [3.63, 3.8) is 0 Å². The number of alkyl halides is 2. The molecular weight excluding hydrogens is 323 g/mol. The van der Waals surface area contributed by atoms with Gasteiger partial charge in [0.15, 0.2) is 0 Å². The molecule has 0 atom stereocenters. The Morgan fingerprint density at radius 1 is 1.45 bits per heavy atom. The third-order valence-electron chi connectivity index (χ3n) is 2.89. The van der Waals surface area contributed by atoms with Gasteiger partial charge in [-0.2, -0.15) is 14.0 Å². The van der Waals surface area contributed by atoms with Gasteiger partial charge in [-0.3, -0.25) is 4.79 Å². The van der Waals surface area contributed by atoms with Crippen LogP contribution in [0.4, 0.5) is 13.2 Å². The van der Waals surface area contributed by atoms with Crippen LogP contribution < -0.4 is 5.56 Å². The molecule has 0 aliphatic heterocycles. The standard InChI is InChI=1S/C13H7ClF3N3O2/c1-5-19-11(10(14)12(22)20(5)13(16)17)7-3-9(21)6(4-18)2-8(7)15/h2-3,13,21H,1H3. The Kier molecular flexibility index (Phi) is 4.10. The summed E-state index contributed by atoms with van der Waals surface area (Å²) in [5.41, 5.74) is -2.32. The van der Waals surface area contributed by atoms with E-state index >= 15 is 0 Å². The lowest BCUT2D eigenvalue weighted by Gasteiger charge is -2.12. The minimum atomic E-state index is -3.15. The highest BCUT2D eigenvalue weighted by molar-refractivity contribution is 6.32. The van der Waals surface area contributed by atoms with E-state index in [0.29, 0.717) is 0 Å². The number of aryl methyl sites for hydroxylation is 1. The van der Waals surface area contributed by atoms with E-state index in [2.05, 4.69) is 4.98 Å². The summed E-state index contributed by atoms with van der Waals surface area (Å²) in [5.74, 6) is -1.90. The van der Waals surface area contributed by atoms with Crippen LogP contribution >= 0.6 is 11.6 Å². The van der Waals surface area contributed by atoms with E-state index in [1.807, 2.05) is 0 Å². The highest BCUT2D eigenvalue weighted by Gasteiger charge is 2.22. The molecule has 0 unspecified atom stereocenters. The average molecular weight is 330 g/mol. The normalized spacial score (nSPS) is 10.8. The first kappa shape index (κ1) is 15.9. The number of nitrogens with zero attached hydrogens (tertiary/aromatic N) is 3. The molecule has 0 bridgehead atoms. The van der Waals surface area contributed by atoms with Crippen molar-refractivity contribution >= 4 is 11.6 Å². The van der Waals surface area contributed by atoms with Gasteiger partial charge in [-0.05, 0) is 19.1 Å². The largest absolute Gasteiger partial charge is 0.507 e. The Balaban J connectivity index is 2.78. The summed E-state index contributed by atoms with van der Waals surface area (Å²) in [5, 5.41) is 17.6. The first-order valence-corrected chi connectivity index (χ1v) is 6.15. The molecule has 0 saturated heterocycles. The van der Waals surface area contributed by atoms with Gasteiger partial charge in [-0.1, -0.05) is 11.6 Å². The fourth-order valence-corrected chi connectivity index (χ4v) is 2.10. The van der Waals surface area contributed by atoms with Crippen LogP contribution in [0.3, 0.4) is 0 Å². The summed E-state index contributed by atoms with van der Waals surface area (Å²) in [6.07, 6.45) is 0. The number of hydrogen-bond acceptors (Lipinski definition) is 4. The molecule has 1 aromatic heterocycles. The summed E-state index contributed by atoms with van der Waals surface area (Å²) in [4.78, 5) is 15.5. The zero-order chi connectivity index (χ0) is 16.6. The number of benzene rings is 1. The Morgan fingerprint density at radius 3 is 2.64 bits per heavy atom. The number of aromatic nitrogens is 2. The maximum atomic E-state index is 14.0. The molecule has 0 saturated carbocycles. The van der Waals surface area contributed by atoms with Crippen molar-refractivity contribution in [1.82, 2.24) is 9.55 Å². The van der Waals surface area contributed by atoms with Gasteiger partial charge in [-0.15, -0.1) is 0 Å². The number of phenols is 1. The molecule has 0 aliphatic carbocycles. The lowest BCUT2D eigenvalue weighted by atomic mass is 10.1. The van der Waals surface area contributed by atoms with Gasteiger partial charge in [0.2, 0.25) is 0 Å². The Morgan fingerprint density at radius 2 is 2.09 bits per heavy atom. The van der Waals surface area contributed by atoms with Crippen LogP contribution in [-0.2, 0) is 0 Å². The molecule has 0 spiro atoms. The monoisotopic (exact) mass is 329 g/mol. The van der Waals surface area contributed by atoms with Crippen molar-refractivity contribution in [2.24, 2.45) is 0 Å². The summed E-state index contributed by atoms with van der Waals surface area (Å²) >= 11 is 5.70. The van der Waals surface area contributed by atoms with Crippen molar-refractivity contribution in [2.75, 3.05) is 0 Å². The minimum Gasteiger partial charge on any atom is -0.507 e. The van der Waals surface area contributed by atoms with Crippen molar-refractivity contribution in [2.45, 2.75) is 13.5 Å². The van der Waals surface area contributed by atoms with Gasteiger partial charge in [0.1, 0.15) is 28.5 Å². The van der Waals surface area contributed by atoms with E-state index in [1.54, 1.807) is 6.07 Å². The quantitative estimate of drug-likeness (QED) is 0.918. The molecule has 5 nitrogen and oxygen atoms in total. The first-order valence-electron chi connectivity index (χ1n) is 5.77. The predicted molar refractivity (Wildman–Crippen MR) is 71.3 cm³/mol. The van der Waals surface area contributed by atoms with Crippen LogP contribution in [0.25, 0.3) is 11.3 Å². The van der Waals surface area contributed by atoms with Crippen LogP contribution in [0.2, 0.25) is 5.02 Å². The zero-order valence-corrected chi connectivity index (χ0v) is 11.7. The predicted octanol–water partition coefficient (Wildman–Crippen LogP) is 2.98. The molecule has 0 amide bonds.